The van der Waals surface area contributed by atoms with Crippen molar-refractivity contribution in [1.29, 1.82) is 0 Å². The van der Waals surface area contributed by atoms with E-state index < -0.39 is 12.7 Å². The van der Waals surface area contributed by atoms with Gasteiger partial charge in [-0.2, -0.15) is 13.2 Å². The van der Waals surface area contributed by atoms with Gasteiger partial charge >= 0.3 is 6.18 Å². The number of likely N-dealkylation sites (tertiary alicyclic amines) is 1. The first-order chi connectivity index (χ1) is 12.8. The van der Waals surface area contributed by atoms with Gasteiger partial charge in [0.15, 0.2) is 5.96 Å². The Hall–Kier alpha value is -1.02. The van der Waals surface area contributed by atoms with E-state index in [1.165, 1.54) is 4.90 Å². The zero-order valence-electron chi connectivity index (χ0n) is 17.1. The maximum absolute atomic E-state index is 12.7. The van der Waals surface area contributed by atoms with E-state index in [1.54, 1.807) is 6.92 Å². The van der Waals surface area contributed by atoms with Gasteiger partial charge in [0.1, 0.15) is 0 Å². The molecule has 1 saturated heterocycles. The summed E-state index contributed by atoms with van der Waals surface area (Å²) >= 11 is 0. The minimum Gasteiger partial charge on any atom is -0.396 e. The number of nitrogens with one attached hydrogen (secondary N) is 1. The van der Waals surface area contributed by atoms with E-state index in [1.807, 2.05) is 6.92 Å². The third kappa shape index (κ3) is 9.65. The monoisotopic (exact) mass is 394 g/mol. The maximum atomic E-state index is 12.7. The molecule has 0 radical (unpaired) electrons. The Labute approximate surface area is 162 Å². The van der Waals surface area contributed by atoms with Crippen molar-refractivity contribution in [3.63, 3.8) is 0 Å². The summed E-state index contributed by atoms with van der Waals surface area (Å²) in [5.41, 5.74) is 0. The topological polar surface area (TPSA) is 51.1 Å². The summed E-state index contributed by atoms with van der Waals surface area (Å²) in [5.74, 6) is 1.44. The summed E-state index contributed by atoms with van der Waals surface area (Å²) in [6.45, 7) is 9.12. The average molecular weight is 395 g/mol. The van der Waals surface area contributed by atoms with Crippen LogP contribution in [0.15, 0.2) is 4.99 Å². The molecule has 1 heterocycles. The summed E-state index contributed by atoms with van der Waals surface area (Å²) < 4.78 is 38.0. The van der Waals surface area contributed by atoms with Gasteiger partial charge in [-0.15, -0.1) is 0 Å². The summed E-state index contributed by atoms with van der Waals surface area (Å²) in [4.78, 5) is 8.40. The molecule has 0 aromatic heterocycles. The van der Waals surface area contributed by atoms with E-state index in [0.29, 0.717) is 25.6 Å². The molecule has 2 N–H and O–H groups in total. The summed E-state index contributed by atoms with van der Waals surface area (Å²) in [6.07, 6.45) is -0.411. The Balaban J connectivity index is 2.63. The van der Waals surface area contributed by atoms with Gasteiger partial charge in [0.05, 0.1) is 6.54 Å². The van der Waals surface area contributed by atoms with E-state index in [0.717, 1.165) is 51.3 Å². The molecule has 0 saturated carbocycles. The minimum absolute atomic E-state index is 0.175. The molecular formula is C19H37F3N4O. The predicted molar refractivity (Wildman–Crippen MR) is 104 cm³/mol. The number of rotatable bonds is 11. The van der Waals surface area contributed by atoms with Crippen molar-refractivity contribution in [2.45, 2.75) is 52.6 Å². The highest BCUT2D eigenvalue weighted by Gasteiger charge is 2.33. The van der Waals surface area contributed by atoms with Crippen LogP contribution in [0.25, 0.3) is 0 Å². The maximum Gasteiger partial charge on any atom is 0.401 e. The Morgan fingerprint density at radius 1 is 1.30 bits per heavy atom. The lowest BCUT2D eigenvalue weighted by atomic mass is 10.0. The van der Waals surface area contributed by atoms with Crippen LogP contribution in [0.2, 0.25) is 0 Å². The zero-order valence-corrected chi connectivity index (χ0v) is 17.1. The van der Waals surface area contributed by atoms with E-state index in [4.69, 9.17) is 4.99 Å². The van der Waals surface area contributed by atoms with Crippen LogP contribution < -0.4 is 5.32 Å². The molecule has 1 rings (SSSR count). The van der Waals surface area contributed by atoms with Crippen molar-refractivity contribution in [1.82, 2.24) is 15.1 Å². The lowest BCUT2D eigenvalue weighted by Crippen LogP contribution is -2.42. The lowest BCUT2D eigenvalue weighted by Gasteiger charge is -2.26. The molecule has 0 spiro atoms. The van der Waals surface area contributed by atoms with Crippen molar-refractivity contribution in [2.75, 3.05) is 52.4 Å². The van der Waals surface area contributed by atoms with Gasteiger partial charge in [0.25, 0.3) is 0 Å². The van der Waals surface area contributed by atoms with Crippen LogP contribution in [0.4, 0.5) is 13.2 Å². The van der Waals surface area contributed by atoms with Crippen LogP contribution in [0.1, 0.15) is 46.5 Å². The first-order valence-electron chi connectivity index (χ1n) is 10.3. The second-order valence-corrected chi connectivity index (χ2v) is 7.41. The van der Waals surface area contributed by atoms with Crippen LogP contribution in [0, 0.1) is 11.8 Å². The van der Waals surface area contributed by atoms with Crippen molar-refractivity contribution >= 4 is 5.96 Å². The molecular weight excluding hydrogens is 357 g/mol. The molecule has 1 aliphatic rings. The van der Waals surface area contributed by atoms with E-state index in [9.17, 15) is 18.3 Å². The van der Waals surface area contributed by atoms with Crippen molar-refractivity contribution in [2.24, 2.45) is 16.8 Å². The third-order valence-electron chi connectivity index (χ3n) is 5.02. The fourth-order valence-electron chi connectivity index (χ4n) is 3.66. The second kappa shape index (κ2) is 12.4. The smallest absolute Gasteiger partial charge is 0.396 e. The molecule has 0 amide bonds. The average Bonchev–Trinajstić information content (AvgIpc) is 3.05. The highest BCUT2D eigenvalue weighted by atomic mass is 19.4. The summed E-state index contributed by atoms with van der Waals surface area (Å²) in [5, 5.41) is 12.5. The van der Waals surface area contributed by atoms with E-state index >= 15 is 0 Å². The quantitative estimate of drug-likeness (QED) is 0.418. The lowest BCUT2D eigenvalue weighted by molar-refractivity contribution is -0.146. The molecule has 0 bridgehead atoms. The molecule has 160 valence electrons. The van der Waals surface area contributed by atoms with Gasteiger partial charge in [-0.05, 0) is 44.6 Å². The summed E-state index contributed by atoms with van der Waals surface area (Å²) in [6, 6.07) is 0. The zero-order chi connectivity index (χ0) is 20.3. The molecule has 8 heteroatoms. The molecule has 0 aliphatic carbocycles. The Bertz CT molecular complexity index is 426. The van der Waals surface area contributed by atoms with Gasteiger partial charge in [-0.1, -0.05) is 20.3 Å². The SMILES string of the molecule is CCCC(CCO)CN=C(NCC)N1CCC(CN(CC)CC(F)(F)F)C1. The molecule has 0 aromatic rings. The highest BCUT2D eigenvalue weighted by molar-refractivity contribution is 5.80. The van der Waals surface area contributed by atoms with Crippen LogP contribution >= 0.6 is 0 Å². The highest BCUT2D eigenvalue weighted by Crippen LogP contribution is 2.21. The number of hydrogen-bond acceptors (Lipinski definition) is 3. The number of hydrogen-bond donors (Lipinski definition) is 2. The largest absolute Gasteiger partial charge is 0.401 e. The Morgan fingerprint density at radius 2 is 2.04 bits per heavy atom. The molecule has 2 unspecified atom stereocenters. The van der Waals surface area contributed by atoms with Crippen molar-refractivity contribution in [3.05, 3.63) is 0 Å². The van der Waals surface area contributed by atoms with Gasteiger partial charge in [-0.25, -0.2) is 0 Å². The Kier molecular flexibility index (Phi) is 11.1. The predicted octanol–water partition coefficient (Wildman–Crippen LogP) is 2.96. The molecule has 0 aromatic carbocycles. The molecule has 27 heavy (non-hydrogen) atoms. The number of nitrogens with zero attached hydrogens (tertiary/aromatic N) is 3. The van der Waals surface area contributed by atoms with Gasteiger partial charge in [0.2, 0.25) is 0 Å². The van der Waals surface area contributed by atoms with Gasteiger partial charge in [-0.3, -0.25) is 9.89 Å². The number of guanidine groups is 1. The van der Waals surface area contributed by atoms with Crippen LogP contribution in [-0.2, 0) is 0 Å². The fourth-order valence-corrected chi connectivity index (χ4v) is 3.66. The van der Waals surface area contributed by atoms with Crippen LogP contribution in [0.3, 0.4) is 0 Å². The number of aliphatic hydroxyl groups excluding tert-OH is 1. The minimum atomic E-state index is -4.15. The van der Waals surface area contributed by atoms with Crippen molar-refractivity contribution in [3.8, 4) is 0 Å². The number of aliphatic hydroxyl groups is 1. The first kappa shape index (κ1) is 24.0. The third-order valence-corrected chi connectivity index (χ3v) is 5.02. The van der Waals surface area contributed by atoms with Crippen LogP contribution in [-0.4, -0.2) is 79.5 Å². The number of aliphatic imine (C=N–C) groups is 1. The van der Waals surface area contributed by atoms with E-state index in [-0.39, 0.29) is 12.5 Å². The Morgan fingerprint density at radius 3 is 2.59 bits per heavy atom. The second-order valence-electron chi connectivity index (χ2n) is 7.41. The summed E-state index contributed by atoms with van der Waals surface area (Å²) in [7, 11) is 0. The molecule has 1 fully saturated rings. The van der Waals surface area contributed by atoms with Gasteiger partial charge in [0, 0.05) is 39.3 Å². The molecule has 1 aliphatic heterocycles. The first-order valence-corrected chi connectivity index (χ1v) is 10.3. The van der Waals surface area contributed by atoms with Crippen molar-refractivity contribution < 1.29 is 18.3 Å². The van der Waals surface area contributed by atoms with Crippen LogP contribution in [0.5, 0.6) is 0 Å². The number of halogens is 3. The molecule has 5 nitrogen and oxygen atoms in total. The normalized spacial score (nSPS) is 19.8. The standard InChI is InChI=1S/C19H37F3N4O/c1-4-7-16(9-11-27)12-24-18(23-5-2)26-10-8-17(14-26)13-25(6-3)15-19(20,21)22/h16-17,27H,4-15H2,1-3H3,(H,23,24). The number of alkyl halides is 3. The van der Waals surface area contributed by atoms with E-state index in [2.05, 4.69) is 17.1 Å². The fraction of sp³-hybridized carbons (Fsp3) is 0.947. The molecule has 2 atom stereocenters. The van der Waals surface area contributed by atoms with Gasteiger partial charge < -0.3 is 15.3 Å².